The van der Waals surface area contributed by atoms with Crippen molar-refractivity contribution in [3.8, 4) is 22.7 Å². The Bertz CT molecular complexity index is 582. The van der Waals surface area contributed by atoms with E-state index in [2.05, 4.69) is 20.2 Å². The van der Waals surface area contributed by atoms with Crippen molar-refractivity contribution in [1.29, 1.82) is 10.5 Å². The number of rotatable bonds is 1. The maximum Gasteiger partial charge on any atom is 0.115 e. The van der Waals surface area contributed by atoms with Crippen LogP contribution in [0.15, 0.2) is 0 Å². The minimum atomic E-state index is 0.375. The second kappa shape index (κ2) is 3.77. The maximum absolute atomic E-state index is 8.95. The van der Waals surface area contributed by atoms with Gasteiger partial charge in [-0.3, -0.25) is 0 Å². The summed E-state index contributed by atoms with van der Waals surface area (Å²) in [5.74, 6) is 0. The highest BCUT2D eigenvalue weighted by Crippen LogP contribution is 2.31. The molecule has 0 fully saturated rings. The average molecular weight is 231 g/mol. The number of nitrogens with zero attached hydrogens (tertiary/aromatic N) is 4. The first-order valence-corrected chi connectivity index (χ1v) is 5.46. The van der Waals surface area contributed by atoms with Gasteiger partial charge in [-0.2, -0.15) is 19.3 Å². The van der Waals surface area contributed by atoms with Gasteiger partial charge in [0.25, 0.3) is 0 Å². The van der Waals surface area contributed by atoms with Crippen molar-refractivity contribution in [2.45, 2.75) is 6.92 Å². The molecule has 15 heavy (non-hydrogen) atoms. The summed E-state index contributed by atoms with van der Waals surface area (Å²) < 4.78 is 8.14. The van der Waals surface area contributed by atoms with Gasteiger partial charge in [0, 0.05) is 0 Å². The van der Waals surface area contributed by atoms with Crippen molar-refractivity contribution in [3.63, 3.8) is 0 Å². The van der Waals surface area contributed by atoms with Crippen LogP contribution in [0, 0.1) is 35.0 Å². The summed E-state index contributed by atoms with van der Waals surface area (Å²) in [4.78, 5) is 0.657. The van der Waals surface area contributed by atoms with E-state index in [0.29, 0.717) is 27.4 Å². The van der Waals surface area contributed by atoms with Crippen molar-refractivity contribution in [2.24, 2.45) is 0 Å². The quantitative estimate of drug-likeness (QED) is 0.753. The summed E-state index contributed by atoms with van der Waals surface area (Å²) >= 11 is 2.27. The minimum Gasteiger partial charge on any atom is -0.196 e. The molecule has 0 saturated heterocycles. The fourth-order valence-corrected chi connectivity index (χ4v) is 2.55. The van der Waals surface area contributed by atoms with Crippen LogP contribution in [0.25, 0.3) is 10.6 Å². The van der Waals surface area contributed by atoms with Gasteiger partial charge in [0.15, 0.2) is 0 Å². The first kappa shape index (κ1) is 9.78. The van der Waals surface area contributed by atoms with E-state index in [1.54, 1.807) is 6.92 Å². The molecule has 0 aliphatic rings. The van der Waals surface area contributed by atoms with Crippen LogP contribution in [0.3, 0.4) is 0 Å². The van der Waals surface area contributed by atoms with Crippen molar-refractivity contribution in [1.82, 2.24) is 8.75 Å². The highest BCUT2D eigenvalue weighted by Gasteiger charge is 2.17. The van der Waals surface area contributed by atoms with Gasteiger partial charge in [0.2, 0.25) is 0 Å². The smallest absolute Gasteiger partial charge is 0.115 e. The van der Waals surface area contributed by atoms with Crippen molar-refractivity contribution in [2.75, 3.05) is 0 Å². The van der Waals surface area contributed by atoms with Gasteiger partial charge in [-0.25, -0.2) is 0 Å². The molecule has 4 nitrogen and oxygen atoms in total. The van der Waals surface area contributed by atoms with Crippen LogP contribution in [0.1, 0.15) is 16.8 Å². The van der Waals surface area contributed by atoms with Crippen LogP contribution in [0.5, 0.6) is 0 Å². The minimum absolute atomic E-state index is 0.375. The third-order valence-electron chi connectivity index (χ3n) is 1.82. The molecular weight excluding hydrogens is 228 g/mol. The number of nitriles is 2. The predicted octanol–water partition coefficient (Wildman–Crippen LogP) is 2.12. The first-order valence-electron chi connectivity index (χ1n) is 3.92. The third kappa shape index (κ3) is 1.50. The van der Waals surface area contributed by atoms with Gasteiger partial charge in [0.1, 0.15) is 23.4 Å². The van der Waals surface area contributed by atoms with Gasteiger partial charge in [-0.05, 0) is 30.0 Å². The van der Waals surface area contributed by atoms with E-state index in [1.165, 1.54) is 11.5 Å². The van der Waals surface area contributed by atoms with Crippen LogP contribution in [-0.2, 0) is 0 Å². The first-order chi connectivity index (χ1) is 7.27. The zero-order valence-corrected chi connectivity index (χ0v) is 9.24. The van der Waals surface area contributed by atoms with Crippen LogP contribution < -0.4 is 0 Å². The standard InChI is InChI=1S/C9H3N4S2/c1-5-7(3-11)9(15-12-5)8-6(2-10)4-14-13-8/h1H3. The second-order valence-corrected chi connectivity index (χ2v) is 4.05. The summed E-state index contributed by atoms with van der Waals surface area (Å²) in [6.07, 6.45) is 0. The highest BCUT2D eigenvalue weighted by atomic mass is 32.1. The molecule has 0 saturated carbocycles. The lowest BCUT2D eigenvalue weighted by atomic mass is 10.1. The van der Waals surface area contributed by atoms with Gasteiger partial charge >= 0.3 is 0 Å². The molecule has 2 rings (SSSR count). The molecule has 0 aromatic carbocycles. The number of hydrogen-bond acceptors (Lipinski definition) is 6. The Kier molecular flexibility index (Phi) is 2.46. The Morgan fingerprint density at radius 2 is 2.07 bits per heavy atom. The van der Waals surface area contributed by atoms with Crippen molar-refractivity contribution >= 4 is 23.1 Å². The zero-order chi connectivity index (χ0) is 10.8. The lowest BCUT2D eigenvalue weighted by Crippen LogP contribution is -1.82. The summed E-state index contributed by atoms with van der Waals surface area (Å²) in [6.45, 7) is 1.76. The van der Waals surface area contributed by atoms with Crippen molar-refractivity contribution in [3.05, 3.63) is 22.2 Å². The van der Waals surface area contributed by atoms with E-state index >= 15 is 0 Å². The molecule has 0 amide bonds. The fraction of sp³-hybridized carbons (Fsp3) is 0.111. The molecule has 2 aromatic rings. The van der Waals surface area contributed by atoms with Crippen LogP contribution in [0.2, 0.25) is 0 Å². The Hall–Kier alpha value is -1.76. The lowest BCUT2D eigenvalue weighted by molar-refractivity contribution is 1.31. The molecule has 0 aliphatic carbocycles. The monoisotopic (exact) mass is 231 g/mol. The predicted molar refractivity (Wildman–Crippen MR) is 56.2 cm³/mol. The molecule has 1 radical (unpaired) electrons. The lowest BCUT2D eigenvalue weighted by Gasteiger charge is -1.91. The van der Waals surface area contributed by atoms with E-state index in [4.69, 9.17) is 10.5 Å². The van der Waals surface area contributed by atoms with Crippen molar-refractivity contribution < 1.29 is 0 Å². The molecule has 6 heteroatoms. The topological polar surface area (TPSA) is 73.4 Å². The molecule has 2 heterocycles. The SMILES string of the molecule is Cc1nsc(-c2ns[c]c2C#N)c1C#N. The van der Waals surface area contributed by atoms with Crippen LogP contribution in [0.4, 0.5) is 0 Å². The molecule has 0 atom stereocenters. The van der Waals surface area contributed by atoms with Gasteiger partial charge in [-0.1, -0.05) is 0 Å². The zero-order valence-electron chi connectivity index (χ0n) is 7.61. The normalized spacial score (nSPS) is 9.53. The molecule has 2 aromatic heterocycles. The van der Waals surface area contributed by atoms with E-state index in [0.717, 1.165) is 11.5 Å². The Morgan fingerprint density at radius 1 is 1.27 bits per heavy atom. The van der Waals surface area contributed by atoms with Crippen LogP contribution in [-0.4, -0.2) is 8.75 Å². The van der Waals surface area contributed by atoms with E-state index in [-0.39, 0.29) is 0 Å². The van der Waals surface area contributed by atoms with Gasteiger partial charge in [-0.15, -0.1) is 0 Å². The second-order valence-electron chi connectivity index (χ2n) is 2.70. The number of aryl methyl sites for hydroxylation is 1. The molecule has 0 bridgehead atoms. The summed E-state index contributed by atoms with van der Waals surface area (Å²) in [5, 5.41) is 20.5. The highest BCUT2D eigenvalue weighted by molar-refractivity contribution is 7.10. The maximum atomic E-state index is 8.95. The molecule has 0 aliphatic heterocycles. The van der Waals surface area contributed by atoms with Gasteiger partial charge in [0.05, 0.1) is 21.5 Å². The summed E-state index contributed by atoms with van der Waals surface area (Å²) in [7, 11) is 0. The van der Waals surface area contributed by atoms with Gasteiger partial charge < -0.3 is 0 Å². The third-order valence-corrected chi connectivity index (χ3v) is 3.34. The molecule has 0 N–H and O–H groups in total. The molecule has 0 unspecified atom stereocenters. The van der Waals surface area contributed by atoms with Crippen LogP contribution >= 0.6 is 23.1 Å². The Balaban J connectivity index is 2.66. The number of hydrogen-bond donors (Lipinski definition) is 0. The van der Waals surface area contributed by atoms with E-state index in [1.807, 2.05) is 6.07 Å². The largest absolute Gasteiger partial charge is 0.196 e. The average Bonchev–Trinajstić information content (AvgIpc) is 2.82. The number of aromatic nitrogens is 2. The fourth-order valence-electron chi connectivity index (χ4n) is 1.10. The summed E-state index contributed by atoms with van der Waals surface area (Å²) in [6, 6.07) is 4.07. The molecule has 0 spiro atoms. The van der Waals surface area contributed by atoms with E-state index in [9.17, 15) is 0 Å². The summed E-state index contributed by atoms with van der Waals surface area (Å²) in [5.41, 5.74) is 2.06. The molecular formula is C9H3N4S2. The Morgan fingerprint density at radius 3 is 2.73 bits per heavy atom. The van der Waals surface area contributed by atoms with E-state index < -0.39 is 0 Å². The molecule has 71 valence electrons. The Labute approximate surface area is 94.4 Å².